The number of hydrogen-bond donors (Lipinski definition) is 1. The number of halogens is 1. The molecule has 0 radical (unpaired) electrons. The topological polar surface area (TPSA) is 55.4 Å². The number of nitrogens with one attached hydrogen (secondary N) is 1. The largest absolute Gasteiger partial charge is 0.494 e. The minimum absolute atomic E-state index is 0.00200. The number of Topliss-reactive ketones (excluding diaryl/α,β-unsaturated/α-hetero) is 1. The predicted molar refractivity (Wildman–Crippen MR) is 65.1 cm³/mol. The van der Waals surface area contributed by atoms with Gasteiger partial charge in [0.2, 0.25) is 0 Å². The number of hydrogen-bond acceptors (Lipinski definition) is 3. The number of amides is 1. The monoisotopic (exact) mass is 253 g/mol. The molecule has 0 saturated carbocycles. The zero-order chi connectivity index (χ0) is 13.7. The molecule has 0 heterocycles. The van der Waals surface area contributed by atoms with Crippen LogP contribution in [0.5, 0.6) is 5.75 Å². The van der Waals surface area contributed by atoms with Crippen molar-refractivity contribution in [2.45, 2.75) is 13.8 Å². The molecule has 5 heteroatoms. The van der Waals surface area contributed by atoms with Gasteiger partial charge >= 0.3 is 0 Å². The molecule has 0 fully saturated rings. The molecule has 0 unspecified atom stereocenters. The highest BCUT2D eigenvalue weighted by Crippen LogP contribution is 2.17. The average Bonchev–Trinajstić information content (AvgIpc) is 2.35. The molecule has 1 aromatic rings. The Morgan fingerprint density at radius 3 is 2.61 bits per heavy atom. The van der Waals surface area contributed by atoms with Crippen LogP contribution >= 0.6 is 0 Å². The predicted octanol–water partition coefficient (Wildman–Crippen LogP) is 1.79. The fourth-order valence-corrected chi connectivity index (χ4v) is 1.27. The lowest BCUT2D eigenvalue weighted by molar-refractivity contribution is -0.120. The molecule has 98 valence electrons. The standard InChI is InChI=1S/C13H16FNO3/c1-8(2)11(16)7-15-13(17)9-4-5-10(14)12(6-9)18-3/h4-6,8H,7H2,1-3H3,(H,15,17). The molecule has 0 aromatic heterocycles. The Bertz CT molecular complexity index is 458. The first-order valence-corrected chi connectivity index (χ1v) is 5.60. The van der Waals surface area contributed by atoms with Crippen LogP contribution in [0.2, 0.25) is 0 Å². The fraction of sp³-hybridized carbons (Fsp3) is 0.385. The van der Waals surface area contributed by atoms with Gasteiger partial charge in [0.15, 0.2) is 17.3 Å². The summed E-state index contributed by atoms with van der Waals surface area (Å²) < 4.78 is 17.9. The van der Waals surface area contributed by atoms with Crippen LogP contribution in [0.1, 0.15) is 24.2 Å². The van der Waals surface area contributed by atoms with E-state index in [4.69, 9.17) is 4.74 Å². The Balaban J connectivity index is 2.70. The summed E-state index contributed by atoms with van der Waals surface area (Å²) in [5.41, 5.74) is 0.254. The van der Waals surface area contributed by atoms with Crippen molar-refractivity contribution in [1.82, 2.24) is 5.32 Å². The van der Waals surface area contributed by atoms with Gasteiger partial charge in [-0.3, -0.25) is 9.59 Å². The molecule has 0 bridgehead atoms. The number of ketones is 1. The maximum atomic E-state index is 13.1. The van der Waals surface area contributed by atoms with E-state index >= 15 is 0 Å². The van der Waals surface area contributed by atoms with Gasteiger partial charge in [-0.1, -0.05) is 13.8 Å². The SMILES string of the molecule is COc1cc(C(=O)NCC(=O)C(C)C)ccc1F. The van der Waals surface area contributed by atoms with Gasteiger partial charge in [0, 0.05) is 11.5 Å². The van der Waals surface area contributed by atoms with Crippen molar-refractivity contribution in [3.63, 3.8) is 0 Å². The lowest BCUT2D eigenvalue weighted by Gasteiger charge is -2.08. The summed E-state index contributed by atoms with van der Waals surface area (Å²) in [6.07, 6.45) is 0. The van der Waals surface area contributed by atoms with E-state index in [0.717, 1.165) is 6.07 Å². The summed E-state index contributed by atoms with van der Waals surface area (Å²) in [4.78, 5) is 23.1. The van der Waals surface area contributed by atoms with E-state index in [-0.39, 0.29) is 29.6 Å². The first-order chi connectivity index (χ1) is 8.45. The number of carbonyl (C=O) groups is 2. The lowest BCUT2D eigenvalue weighted by Crippen LogP contribution is -2.31. The van der Waals surface area contributed by atoms with E-state index in [0.29, 0.717) is 0 Å². The second-order valence-electron chi connectivity index (χ2n) is 4.15. The molecule has 0 saturated heterocycles. The van der Waals surface area contributed by atoms with Crippen LogP contribution in [0.4, 0.5) is 4.39 Å². The normalized spacial score (nSPS) is 10.3. The van der Waals surface area contributed by atoms with Crippen molar-refractivity contribution in [2.24, 2.45) is 5.92 Å². The van der Waals surface area contributed by atoms with Crippen LogP contribution in [0, 0.1) is 11.7 Å². The van der Waals surface area contributed by atoms with E-state index in [2.05, 4.69) is 5.32 Å². The van der Waals surface area contributed by atoms with Crippen LogP contribution in [0.25, 0.3) is 0 Å². The van der Waals surface area contributed by atoms with Crippen molar-refractivity contribution in [3.8, 4) is 5.75 Å². The van der Waals surface area contributed by atoms with E-state index in [1.54, 1.807) is 13.8 Å². The Morgan fingerprint density at radius 1 is 1.39 bits per heavy atom. The number of methoxy groups -OCH3 is 1. The highest BCUT2D eigenvalue weighted by atomic mass is 19.1. The molecule has 0 aliphatic carbocycles. The van der Waals surface area contributed by atoms with Gasteiger partial charge in [-0.05, 0) is 18.2 Å². The summed E-state index contributed by atoms with van der Waals surface area (Å²) in [5, 5.41) is 2.48. The first kappa shape index (κ1) is 14.2. The Hall–Kier alpha value is -1.91. The Labute approximate surface area is 105 Å². The molecule has 1 aromatic carbocycles. The van der Waals surface area contributed by atoms with Gasteiger partial charge in [-0.2, -0.15) is 0 Å². The number of ether oxygens (including phenoxy) is 1. The van der Waals surface area contributed by atoms with Gasteiger partial charge in [-0.25, -0.2) is 4.39 Å². The molecule has 0 atom stereocenters. The quantitative estimate of drug-likeness (QED) is 0.870. The zero-order valence-electron chi connectivity index (χ0n) is 10.6. The third kappa shape index (κ3) is 3.55. The van der Waals surface area contributed by atoms with Gasteiger partial charge < -0.3 is 10.1 Å². The number of carbonyl (C=O) groups excluding carboxylic acids is 2. The molecule has 0 aliphatic rings. The summed E-state index contributed by atoms with van der Waals surface area (Å²) >= 11 is 0. The molecule has 1 amide bonds. The fourth-order valence-electron chi connectivity index (χ4n) is 1.27. The molecule has 18 heavy (non-hydrogen) atoms. The Morgan fingerprint density at radius 2 is 2.06 bits per heavy atom. The lowest BCUT2D eigenvalue weighted by atomic mass is 10.1. The smallest absolute Gasteiger partial charge is 0.251 e. The maximum Gasteiger partial charge on any atom is 0.251 e. The van der Waals surface area contributed by atoms with Crippen molar-refractivity contribution in [2.75, 3.05) is 13.7 Å². The molecule has 0 aliphatic heterocycles. The van der Waals surface area contributed by atoms with Crippen molar-refractivity contribution in [3.05, 3.63) is 29.6 Å². The van der Waals surface area contributed by atoms with Gasteiger partial charge in [-0.15, -0.1) is 0 Å². The van der Waals surface area contributed by atoms with Gasteiger partial charge in [0.25, 0.3) is 5.91 Å². The molecular weight excluding hydrogens is 237 g/mol. The van der Waals surface area contributed by atoms with E-state index in [1.165, 1.54) is 19.2 Å². The zero-order valence-corrected chi connectivity index (χ0v) is 10.6. The third-order valence-corrected chi connectivity index (χ3v) is 2.48. The Kier molecular flexibility index (Phi) is 4.83. The van der Waals surface area contributed by atoms with Gasteiger partial charge in [0.1, 0.15) is 0 Å². The molecule has 1 N–H and O–H groups in total. The van der Waals surface area contributed by atoms with Crippen molar-refractivity contribution in [1.29, 1.82) is 0 Å². The van der Waals surface area contributed by atoms with E-state index < -0.39 is 11.7 Å². The van der Waals surface area contributed by atoms with Crippen molar-refractivity contribution >= 4 is 11.7 Å². The molecular formula is C13H16FNO3. The molecule has 0 spiro atoms. The van der Waals surface area contributed by atoms with E-state index in [9.17, 15) is 14.0 Å². The van der Waals surface area contributed by atoms with Crippen LogP contribution in [-0.2, 0) is 4.79 Å². The second-order valence-corrected chi connectivity index (χ2v) is 4.15. The summed E-state index contributed by atoms with van der Waals surface area (Å²) in [7, 11) is 1.32. The second kappa shape index (κ2) is 6.14. The minimum atomic E-state index is -0.535. The van der Waals surface area contributed by atoms with Crippen LogP contribution in [-0.4, -0.2) is 25.3 Å². The van der Waals surface area contributed by atoms with E-state index in [1.807, 2.05) is 0 Å². The maximum absolute atomic E-state index is 13.1. The minimum Gasteiger partial charge on any atom is -0.494 e. The van der Waals surface area contributed by atoms with Crippen LogP contribution in [0.15, 0.2) is 18.2 Å². The third-order valence-electron chi connectivity index (χ3n) is 2.48. The van der Waals surface area contributed by atoms with Crippen LogP contribution in [0.3, 0.4) is 0 Å². The summed E-state index contributed by atoms with van der Waals surface area (Å²) in [5.74, 6) is -1.15. The number of benzene rings is 1. The highest BCUT2D eigenvalue weighted by molar-refractivity contribution is 5.97. The summed E-state index contributed by atoms with van der Waals surface area (Å²) in [6, 6.07) is 3.79. The van der Waals surface area contributed by atoms with Gasteiger partial charge in [0.05, 0.1) is 13.7 Å². The molecule has 4 nitrogen and oxygen atoms in total. The highest BCUT2D eigenvalue weighted by Gasteiger charge is 2.12. The number of rotatable bonds is 5. The average molecular weight is 253 g/mol. The molecule has 1 rings (SSSR count). The summed E-state index contributed by atoms with van der Waals surface area (Å²) in [6.45, 7) is 3.49. The van der Waals surface area contributed by atoms with Crippen molar-refractivity contribution < 1.29 is 18.7 Å². The van der Waals surface area contributed by atoms with Crippen LogP contribution < -0.4 is 10.1 Å². The first-order valence-electron chi connectivity index (χ1n) is 5.60.